The molecule has 3 fully saturated rings. The number of benzene rings is 2. The smallest absolute Gasteiger partial charge is 0.338 e. The van der Waals surface area contributed by atoms with Gasteiger partial charge in [-0.3, -0.25) is 14.4 Å². The van der Waals surface area contributed by atoms with Crippen LogP contribution in [0.2, 0.25) is 18.1 Å². The van der Waals surface area contributed by atoms with Crippen molar-refractivity contribution in [3.05, 3.63) is 82.9 Å². The molecule has 4 aliphatic rings. The Morgan fingerprint density at radius 2 is 1.48 bits per heavy atom. The van der Waals surface area contributed by atoms with Gasteiger partial charge in [-0.1, -0.05) is 77.9 Å². The van der Waals surface area contributed by atoms with Crippen molar-refractivity contribution < 1.29 is 76.5 Å². The zero-order valence-electron chi connectivity index (χ0n) is 43.3. The molecule has 71 heavy (non-hydrogen) atoms. The predicted molar refractivity (Wildman–Crippen MR) is 261 cm³/mol. The van der Waals surface area contributed by atoms with Crippen LogP contribution in [0.4, 0.5) is 0 Å². The first-order valence-electron chi connectivity index (χ1n) is 24.9. The molecular formula is C53H75NO16Si. The van der Waals surface area contributed by atoms with Crippen LogP contribution in [0.15, 0.2) is 71.8 Å². The topological polar surface area (TPSA) is 221 Å². The van der Waals surface area contributed by atoms with E-state index < -0.39 is 128 Å². The molecule has 1 amide bonds. The van der Waals surface area contributed by atoms with Crippen LogP contribution in [0.25, 0.3) is 0 Å². The monoisotopic (exact) mass is 1010 g/mol. The van der Waals surface area contributed by atoms with Gasteiger partial charge >= 0.3 is 23.9 Å². The van der Waals surface area contributed by atoms with Gasteiger partial charge in [-0.25, -0.2) is 9.59 Å². The molecular weight excluding hydrogens is 935 g/mol. The Hall–Kier alpha value is -4.53. The van der Waals surface area contributed by atoms with Crippen LogP contribution < -0.4 is 5.32 Å². The van der Waals surface area contributed by atoms with Crippen molar-refractivity contribution in [1.82, 2.24) is 5.32 Å². The summed E-state index contributed by atoms with van der Waals surface area (Å²) < 4.78 is 57.1. The maximum atomic E-state index is 15.0. The summed E-state index contributed by atoms with van der Waals surface area (Å²) in [6.45, 7) is 18.6. The van der Waals surface area contributed by atoms with E-state index >= 15 is 4.79 Å². The lowest BCUT2D eigenvalue weighted by atomic mass is 9.44. The second kappa shape index (κ2) is 22.3. The molecule has 0 radical (unpaired) electrons. The first-order chi connectivity index (χ1) is 33.5. The maximum absolute atomic E-state index is 15.0. The Morgan fingerprint density at radius 1 is 0.873 bits per heavy atom. The van der Waals surface area contributed by atoms with Crippen LogP contribution in [-0.2, 0) is 56.7 Å². The van der Waals surface area contributed by atoms with Crippen LogP contribution in [0.3, 0.4) is 0 Å². The molecule has 392 valence electrons. The molecule has 17 nitrogen and oxygen atoms in total. The minimum Gasteiger partial charge on any atom is -0.456 e. The number of nitrogens with one attached hydrogen (secondary N) is 1. The first kappa shape index (κ1) is 55.8. The number of aliphatic hydroxyl groups excluding tert-OH is 1. The van der Waals surface area contributed by atoms with E-state index in [-0.39, 0.29) is 37.4 Å². The van der Waals surface area contributed by atoms with Crippen LogP contribution in [0.5, 0.6) is 0 Å². The minimum atomic E-state index is -2.60. The van der Waals surface area contributed by atoms with Crippen molar-refractivity contribution in [2.24, 2.45) is 16.7 Å². The molecule has 1 aliphatic heterocycles. The number of methoxy groups -OCH3 is 1. The molecule has 1 saturated heterocycles. The number of carbonyl (C=O) groups is 5. The summed E-state index contributed by atoms with van der Waals surface area (Å²) in [5.74, 6) is -5.11. The zero-order valence-corrected chi connectivity index (χ0v) is 44.3. The van der Waals surface area contributed by atoms with Gasteiger partial charge in [0.15, 0.2) is 32.4 Å². The van der Waals surface area contributed by atoms with E-state index in [4.69, 9.17) is 42.3 Å². The van der Waals surface area contributed by atoms with Crippen LogP contribution in [-0.4, -0.2) is 142 Å². The lowest BCUT2D eigenvalue weighted by Crippen LogP contribution is -2.83. The summed E-state index contributed by atoms with van der Waals surface area (Å²) in [6, 6.07) is 17.6. The highest BCUT2D eigenvalue weighted by Gasteiger charge is 2.78. The summed E-state index contributed by atoms with van der Waals surface area (Å²) in [4.78, 5) is 70.4. The SMILES string of the molecule is CCOC(C)O[C@@H](C(=O)O[C@H]1C[C@@]2(O)[C@@H](OC(=O)c3ccccc3)[C@@H]3[C@]4(OC(C)=O)CO[C@@H]4C[C@H](O[Si](CC)(CC)CC)[C@@]3(C)[C@@H](O)[C@H](OC(C)=O)C(=C1C)C2(C)C)[C@@H](COC)NC(=O)c1ccccc1. The Labute approximate surface area is 418 Å². The zero-order chi connectivity index (χ0) is 52.3. The van der Waals surface area contributed by atoms with E-state index in [0.29, 0.717) is 11.1 Å². The number of esters is 4. The third kappa shape index (κ3) is 10.5. The molecule has 2 saturated carbocycles. The van der Waals surface area contributed by atoms with E-state index in [1.807, 2.05) is 0 Å². The molecule has 3 aliphatic carbocycles. The average molecular weight is 1010 g/mol. The maximum Gasteiger partial charge on any atom is 0.338 e. The minimum absolute atomic E-state index is 0.142. The Balaban J connectivity index is 1.61. The quantitative estimate of drug-likeness (QED) is 0.0440. The molecule has 2 aromatic carbocycles. The van der Waals surface area contributed by atoms with E-state index in [0.717, 1.165) is 18.1 Å². The van der Waals surface area contributed by atoms with E-state index in [1.54, 1.807) is 102 Å². The molecule has 3 N–H and O–H groups in total. The van der Waals surface area contributed by atoms with Gasteiger partial charge in [0.25, 0.3) is 5.91 Å². The molecule has 0 spiro atoms. The molecule has 1 unspecified atom stereocenters. The summed E-state index contributed by atoms with van der Waals surface area (Å²) in [6.07, 6.45) is -10.9. The van der Waals surface area contributed by atoms with E-state index in [9.17, 15) is 29.4 Å². The Kier molecular flexibility index (Phi) is 17.5. The Bertz CT molecular complexity index is 2250. The number of fused-ring (bicyclic) bond motifs is 5. The number of rotatable bonds is 20. The molecule has 1 heterocycles. The fourth-order valence-electron chi connectivity index (χ4n) is 11.9. The highest BCUT2D eigenvalue weighted by atomic mass is 28.4. The number of hydrogen-bond acceptors (Lipinski definition) is 16. The normalized spacial score (nSPS) is 31.2. The second-order valence-electron chi connectivity index (χ2n) is 20.2. The van der Waals surface area contributed by atoms with Gasteiger partial charge in [-0.2, -0.15) is 0 Å². The van der Waals surface area contributed by atoms with E-state index in [1.165, 1.54) is 21.0 Å². The van der Waals surface area contributed by atoms with Crippen molar-refractivity contribution in [2.75, 3.05) is 26.9 Å². The first-order valence-corrected chi connectivity index (χ1v) is 27.4. The summed E-state index contributed by atoms with van der Waals surface area (Å²) in [7, 11) is -1.20. The van der Waals surface area contributed by atoms with Gasteiger partial charge in [0, 0.05) is 56.8 Å². The molecule has 2 bridgehead atoms. The highest BCUT2D eigenvalue weighted by molar-refractivity contribution is 6.73. The van der Waals surface area contributed by atoms with Crippen molar-refractivity contribution in [3.8, 4) is 0 Å². The predicted octanol–water partition coefficient (Wildman–Crippen LogP) is 6.24. The van der Waals surface area contributed by atoms with Crippen molar-refractivity contribution in [1.29, 1.82) is 0 Å². The molecule has 0 aromatic heterocycles. The van der Waals surface area contributed by atoms with Gasteiger partial charge in [0.05, 0.1) is 36.8 Å². The molecule has 2 aromatic rings. The van der Waals surface area contributed by atoms with E-state index in [2.05, 4.69) is 26.1 Å². The number of aliphatic hydroxyl groups is 2. The lowest BCUT2D eigenvalue weighted by molar-refractivity contribution is -0.363. The fourth-order valence-corrected chi connectivity index (χ4v) is 14.9. The average Bonchev–Trinajstić information content (AvgIpc) is 3.33. The second-order valence-corrected chi connectivity index (χ2v) is 24.9. The third-order valence-electron chi connectivity index (χ3n) is 16.0. The molecule has 13 atom stereocenters. The molecule has 6 rings (SSSR count). The summed E-state index contributed by atoms with van der Waals surface area (Å²) in [5.41, 5.74) is -6.16. The number of ether oxygens (including phenoxy) is 8. The highest BCUT2D eigenvalue weighted by Crippen LogP contribution is 2.66. The van der Waals surface area contributed by atoms with Crippen LogP contribution >= 0.6 is 0 Å². The number of amides is 1. The standard InChI is InChI=1S/C53H75NO16Si/c1-13-63-34(8)66-42(37(29-62-12)54-47(58)35-23-19-17-20-24-35)49(60)67-38-28-53(61)46(68-48(59)36-25-21-18-22-26-36)44-51(11,45(57)43(65-32(6)55)41(31(38)5)50(53,9)10)39(70-71(14-2,15-3)16-4)27-40-52(44,30-64-40)69-33(7)56/h17-26,34,37-40,42-46,57,61H,13-16,27-30H2,1-12H3,(H,54,58)/t34?,37-,38+,39+,40-,42-,43-,44+,45+,46+,51-,52+,53-/m1/s1. The number of carbonyl (C=O) groups excluding carboxylic acids is 5. The van der Waals surface area contributed by atoms with Gasteiger partial charge in [0.2, 0.25) is 0 Å². The van der Waals surface area contributed by atoms with Crippen LogP contribution in [0.1, 0.15) is 110 Å². The van der Waals surface area contributed by atoms with Gasteiger partial charge in [0.1, 0.15) is 30.0 Å². The third-order valence-corrected chi connectivity index (χ3v) is 20.7. The van der Waals surface area contributed by atoms with Crippen molar-refractivity contribution >= 4 is 38.1 Å². The summed E-state index contributed by atoms with van der Waals surface area (Å²) >= 11 is 0. The van der Waals surface area contributed by atoms with Gasteiger partial charge in [-0.15, -0.1) is 0 Å². The largest absolute Gasteiger partial charge is 0.456 e. The summed E-state index contributed by atoms with van der Waals surface area (Å²) in [5, 5.41) is 30.7. The number of hydrogen-bond donors (Lipinski definition) is 3. The van der Waals surface area contributed by atoms with Crippen molar-refractivity contribution in [3.63, 3.8) is 0 Å². The van der Waals surface area contributed by atoms with Crippen molar-refractivity contribution in [2.45, 2.75) is 173 Å². The fraction of sp³-hybridized carbons (Fsp3) is 0.642. The molecule has 18 heteroatoms. The Morgan fingerprint density at radius 3 is 2.00 bits per heavy atom. The lowest BCUT2D eigenvalue weighted by Gasteiger charge is -2.70. The van der Waals surface area contributed by atoms with Crippen LogP contribution in [0, 0.1) is 16.7 Å². The van der Waals surface area contributed by atoms with Gasteiger partial charge in [-0.05, 0) is 74.3 Å². The van der Waals surface area contributed by atoms with Gasteiger partial charge < -0.3 is 57.9 Å².